The van der Waals surface area contributed by atoms with Gasteiger partial charge in [-0.3, -0.25) is 9.89 Å². The molecule has 2 N–H and O–H groups in total. The van der Waals surface area contributed by atoms with Gasteiger partial charge in [0.05, 0.1) is 5.52 Å². The molecule has 0 saturated heterocycles. The van der Waals surface area contributed by atoms with Crippen LogP contribution >= 0.6 is 11.6 Å². The van der Waals surface area contributed by atoms with Crippen molar-refractivity contribution in [1.29, 1.82) is 0 Å². The average Bonchev–Trinajstić information content (AvgIpc) is 2.60. The monoisotopic (exact) mass is 223 g/mol. The number of fused-ring (bicyclic) bond motifs is 1. The predicted molar refractivity (Wildman–Crippen MR) is 60.2 cm³/mol. The third-order valence-corrected chi connectivity index (χ3v) is 2.39. The second-order valence-corrected chi connectivity index (χ2v) is 3.53. The van der Waals surface area contributed by atoms with Crippen molar-refractivity contribution in [2.75, 3.05) is 11.2 Å². The van der Waals surface area contributed by atoms with E-state index in [1.54, 1.807) is 6.07 Å². The highest BCUT2D eigenvalue weighted by molar-refractivity contribution is 6.29. The second kappa shape index (κ2) is 3.90. The number of aromatic amines is 1. The summed E-state index contributed by atoms with van der Waals surface area (Å²) in [5.41, 5.74) is 2.60. The molecule has 1 amide bonds. The van der Waals surface area contributed by atoms with E-state index in [1.807, 2.05) is 19.1 Å². The van der Waals surface area contributed by atoms with Gasteiger partial charge in [-0.15, -0.1) is 11.6 Å². The smallest absolute Gasteiger partial charge is 0.239 e. The zero-order valence-corrected chi connectivity index (χ0v) is 8.93. The molecule has 0 aliphatic heterocycles. The zero-order chi connectivity index (χ0) is 10.8. The van der Waals surface area contributed by atoms with Gasteiger partial charge < -0.3 is 5.32 Å². The number of aromatic nitrogens is 2. The first kappa shape index (κ1) is 9.98. The van der Waals surface area contributed by atoms with Gasteiger partial charge in [-0.05, 0) is 25.1 Å². The number of nitrogens with zero attached hydrogens (tertiary/aromatic N) is 1. The standard InChI is InChI=1S/C10H10ClN3O/c1-6-8-4-7(12-10(15)5-11)2-3-9(8)14-13-6/h2-4H,5H2,1H3,(H,12,15)(H,13,14). The molecule has 0 aliphatic carbocycles. The molecular formula is C10H10ClN3O. The maximum Gasteiger partial charge on any atom is 0.239 e. The second-order valence-electron chi connectivity index (χ2n) is 3.26. The van der Waals surface area contributed by atoms with Crippen LogP contribution in [0.1, 0.15) is 5.69 Å². The van der Waals surface area contributed by atoms with Gasteiger partial charge in [0.25, 0.3) is 0 Å². The average molecular weight is 224 g/mol. The van der Waals surface area contributed by atoms with Gasteiger partial charge in [0.1, 0.15) is 5.88 Å². The number of alkyl halides is 1. The lowest BCUT2D eigenvalue weighted by atomic mass is 10.2. The highest BCUT2D eigenvalue weighted by Gasteiger charge is 2.04. The van der Waals surface area contributed by atoms with Crippen molar-refractivity contribution >= 4 is 34.1 Å². The number of aryl methyl sites for hydroxylation is 1. The summed E-state index contributed by atoms with van der Waals surface area (Å²) >= 11 is 5.40. The van der Waals surface area contributed by atoms with Crippen molar-refractivity contribution in [3.63, 3.8) is 0 Å². The summed E-state index contributed by atoms with van der Waals surface area (Å²) in [6.45, 7) is 1.93. The van der Waals surface area contributed by atoms with E-state index >= 15 is 0 Å². The Labute approximate surface area is 91.6 Å². The van der Waals surface area contributed by atoms with E-state index in [4.69, 9.17) is 11.6 Å². The lowest BCUT2D eigenvalue weighted by Gasteiger charge is -2.02. The Balaban J connectivity index is 2.37. The van der Waals surface area contributed by atoms with E-state index in [2.05, 4.69) is 15.5 Å². The van der Waals surface area contributed by atoms with Gasteiger partial charge in [0.15, 0.2) is 0 Å². The van der Waals surface area contributed by atoms with Crippen LogP contribution in [0.5, 0.6) is 0 Å². The number of benzene rings is 1. The molecule has 0 spiro atoms. The molecule has 78 valence electrons. The zero-order valence-electron chi connectivity index (χ0n) is 8.17. The normalized spacial score (nSPS) is 10.5. The van der Waals surface area contributed by atoms with E-state index in [-0.39, 0.29) is 11.8 Å². The summed E-state index contributed by atoms with van der Waals surface area (Å²) in [5, 5.41) is 10.7. The molecule has 2 aromatic rings. The molecule has 0 fully saturated rings. The fourth-order valence-electron chi connectivity index (χ4n) is 1.41. The number of amides is 1. The number of carbonyl (C=O) groups is 1. The quantitative estimate of drug-likeness (QED) is 0.766. The Bertz CT molecular complexity index is 506. The lowest BCUT2D eigenvalue weighted by Crippen LogP contribution is -2.12. The fourth-order valence-corrected chi connectivity index (χ4v) is 1.48. The highest BCUT2D eigenvalue weighted by atomic mass is 35.5. The Kier molecular flexibility index (Phi) is 2.60. The van der Waals surface area contributed by atoms with Crippen LogP contribution in [-0.4, -0.2) is 22.0 Å². The van der Waals surface area contributed by atoms with Gasteiger partial charge in [-0.1, -0.05) is 0 Å². The molecule has 0 radical (unpaired) electrons. The minimum atomic E-state index is -0.211. The van der Waals surface area contributed by atoms with Crippen LogP contribution in [-0.2, 0) is 4.79 Å². The minimum Gasteiger partial charge on any atom is -0.325 e. The summed E-state index contributed by atoms with van der Waals surface area (Å²) < 4.78 is 0. The number of carbonyl (C=O) groups excluding carboxylic acids is 1. The molecule has 0 saturated carbocycles. The number of hydrogen-bond donors (Lipinski definition) is 2. The molecular weight excluding hydrogens is 214 g/mol. The Morgan fingerprint density at radius 1 is 1.60 bits per heavy atom. The number of rotatable bonds is 2. The number of nitrogens with one attached hydrogen (secondary N) is 2. The van der Waals surface area contributed by atoms with Crippen LogP contribution in [0.15, 0.2) is 18.2 Å². The third kappa shape index (κ3) is 1.94. The van der Waals surface area contributed by atoms with Crippen LogP contribution < -0.4 is 5.32 Å². The van der Waals surface area contributed by atoms with Crippen LogP contribution in [0.2, 0.25) is 0 Å². The van der Waals surface area contributed by atoms with Gasteiger partial charge in [-0.2, -0.15) is 5.10 Å². The number of hydrogen-bond acceptors (Lipinski definition) is 2. The Morgan fingerprint density at radius 2 is 2.40 bits per heavy atom. The van der Waals surface area contributed by atoms with E-state index in [0.717, 1.165) is 22.3 Å². The van der Waals surface area contributed by atoms with Crippen LogP contribution in [0.3, 0.4) is 0 Å². The van der Waals surface area contributed by atoms with Crippen molar-refractivity contribution in [1.82, 2.24) is 10.2 Å². The molecule has 0 aliphatic rings. The summed E-state index contributed by atoms with van der Waals surface area (Å²) in [4.78, 5) is 11.1. The van der Waals surface area contributed by atoms with Gasteiger partial charge in [-0.25, -0.2) is 0 Å². The maximum absolute atomic E-state index is 11.1. The van der Waals surface area contributed by atoms with E-state index in [9.17, 15) is 4.79 Å². The molecule has 0 unspecified atom stereocenters. The number of halogens is 1. The van der Waals surface area contributed by atoms with Crippen molar-refractivity contribution in [2.45, 2.75) is 6.92 Å². The van der Waals surface area contributed by atoms with Gasteiger partial charge in [0.2, 0.25) is 5.91 Å². The number of anilines is 1. The van der Waals surface area contributed by atoms with Crippen LogP contribution in [0, 0.1) is 6.92 Å². The van der Waals surface area contributed by atoms with Crippen LogP contribution in [0.4, 0.5) is 5.69 Å². The Morgan fingerprint density at radius 3 is 3.13 bits per heavy atom. The van der Waals surface area contributed by atoms with Crippen molar-refractivity contribution in [2.24, 2.45) is 0 Å². The first-order valence-corrected chi connectivity index (χ1v) is 5.04. The van der Waals surface area contributed by atoms with Crippen molar-refractivity contribution < 1.29 is 4.79 Å². The molecule has 15 heavy (non-hydrogen) atoms. The Hall–Kier alpha value is -1.55. The number of H-pyrrole nitrogens is 1. The van der Waals surface area contributed by atoms with Gasteiger partial charge >= 0.3 is 0 Å². The van der Waals surface area contributed by atoms with E-state index in [1.165, 1.54) is 0 Å². The highest BCUT2D eigenvalue weighted by Crippen LogP contribution is 2.19. The molecule has 1 heterocycles. The summed E-state index contributed by atoms with van der Waals surface area (Å²) in [5.74, 6) is -0.250. The first-order valence-electron chi connectivity index (χ1n) is 4.51. The largest absolute Gasteiger partial charge is 0.325 e. The minimum absolute atomic E-state index is 0.0393. The first-order chi connectivity index (χ1) is 7.20. The van der Waals surface area contributed by atoms with Gasteiger partial charge in [0, 0.05) is 16.8 Å². The van der Waals surface area contributed by atoms with E-state index < -0.39 is 0 Å². The van der Waals surface area contributed by atoms with Crippen LogP contribution in [0.25, 0.3) is 10.9 Å². The maximum atomic E-state index is 11.1. The van der Waals surface area contributed by atoms with Crippen molar-refractivity contribution in [3.8, 4) is 0 Å². The molecule has 0 bridgehead atoms. The SMILES string of the molecule is Cc1[nH]nc2ccc(NC(=O)CCl)cc12. The molecule has 1 aromatic carbocycles. The molecule has 1 aromatic heterocycles. The molecule has 4 nitrogen and oxygen atoms in total. The third-order valence-electron chi connectivity index (χ3n) is 2.15. The molecule has 2 rings (SSSR count). The topological polar surface area (TPSA) is 57.8 Å². The predicted octanol–water partition coefficient (Wildman–Crippen LogP) is 2.05. The fraction of sp³-hybridized carbons (Fsp3) is 0.200. The molecule has 5 heteroatoms. The molecule has 0 atom stereocenters. The van der Waals surface area contributed by atoms with Crippen molar-refractivity contribution in [3.05, 3.63) is 23.9 Å². The summed E-state index contributed by atoms with van der Waals surface area (Å²) in [7, 11) is 0. The van der Waals surface area contributed by atoms with E-state index in [0.29, 0.717) is 0 Å². The summed E-state index contributed by atoms with van der Waals surface area (Å²) in [6.07, 6.45) is 0. The summed E-state index contributed by atoms with van der Waals surface area (Å²) in [6, 6.07) is 5.52. The lowest BCUT2D eigenvalue weighted by molar-refractivity contribution is -0.113.